The number of anilines is 1. The van der Waals surface area contributed by atoms with Crippen molar-refractivity contribution >= 4 is 23.2 Å². The lowest BCUT2D eigenvalue weighted by atomic mass is 9.60. The topological polar surface area (TPSA) is 106 Å². The molecule has 4 unspecified atom stereocenters. The summed E-state index contributed by atoms with van der Waals surface area (Å²) in [7, 11) is 1.49. The number of fused-ring (bicyclic) bond motifs is 6. The Hall–Kier alpha value is -4.35. The number of hydrogen-bond donors (Lipinski definition) is 0. The van der Waals surface area contributed by atoms with Crippen molar-refractivity contribution in [3.63, 3.8) is 0 Å². The number of hydrogen-bond acceptors (Lipinski definition) is 6. The zero-order valence-corrected chi connectivity index (χ0v) is 22.7. The molecular formula is C31H26ClN3O5. The number of nitrogens with zero attached hydrogens (tertiary/aromatic N) is 3. The first-order chi connectivity index (χ1) is 19.4. The smallest absolute Gasteiger partial charge is 0.290 e. The van der Waals surface area contributed by atoms with Crippen molar-refractivity contribution in [2.45, 2.75) is 42.7 Å². The van der Waals surface area contributed by atoms with Gasteiger partial charge in [0.2, 0.25) is 12.0 Å². The highest BCUT2D eigenvalue weighted by Gasteiger charge is 2.77. The van der Waals surface area contributed by atoms with Gasteiger partial charge in [0.25, 0.3) is 5.54 Å². The highest BCUT2D eigenvalue weighted by Crippen LogP contribution is 2.68. The molecule has 3 aromatic carbocycles. The SMILES string of the molecule is CCCCN1C(=O)C2(C(C#N)=CC3([N+](=O)[O-])C(c4ccccc4OC)Oc4ccccc4C23)c2cc(Cl)ccc21. The van der Waals surface area contributed by atoms with E-state index < -0.39 is 27.9 Å². The summed E-state index contributed by atoms with van der Waals surface area (Å²) in [5.41, 5.74) is -1.61. The van der Waals surface area contributed by atoms with Gasteiger partial charge < -0.3 is 14.4 Å². The van der Waals surface area contributed by atoms with Crippen molar-refractivity contribution in [2.75, 3.05) is 18.6 Å². The van der Waals surface area contributed by atoms with Crippen LogP contribution in [0.25, 0.3) is 0 Å². The Kier molecular flexibility index (Phi) is 6.08. The van der Waals surface area contributed by atoms with Crippen LogP contribution < -0.4 is 14.4 Å². The number of unbranched alkanes of at least 4 members (excludes halogenated alkanes) is 1. The summed E-state index contributed by atoms with van der Waals surface area (Å²) in [5, 5.41) is 24.5. The van der Waals surface area contributed by atoms with Crippen LogP contribution in [0, 0.1) is 21.4 Å². The molecule has 9 heteroatoms. The van der Waals surface area contributed by atoms with Gasteiger partial charge >= 0.3 is 0 Å². The summed E-state index contributed by atoms with van der Waals surface area (Å²) in [6, 6.07) is 21.4. The molecule has 2 heterocycles. The molecule has 6 rings (SSSR count). The Morgan fingerprint density at radius 2 is 1.88 bits per heavy atom. The van der Waals surface area contributed by atoms with Crippen molar-refractivity contribution in [2.24, 2.45) is 0 Å². The molecular weight excluding hydrogens is 530 g/mol. The summed E-state index contributed by atoms with van der Waals surface area (Å²) in [6.45, 7) is 2.44. The molecule has 0 saturated carbocycles. The van der Waals surface area contributed by atoms with Gasteiger partial charge in [-0.1, -0.05) is 61.3 Å². The number of carbonyl (C=O) groups excluding carboxylic acids is 1. The standard InChI is InChI=1S/C31H26ClN3O5/c1-3-4-15-34-24-14-13-20(32)16-23(24)31(29(34)36)19(18-33)17-30(35(37)38)27(31)21-9-5-8-12-26(21)40-28(30)22-10-6-7-11-25(22)39-2/h5-14,16-17,27-28H,3-4,15H2,1-2H3. The molecule has 1 aliphatic carbocycles. The highest BCUT2D eigenvalue weighted by molar-refractivity contribution is 6.31. The number of carbonyl (C=O) groups is 1. The minimum absolute atomic E-state index is 0.0157. The normalized spacial score (nSPS) is 25.9. The van der Waals surface area contributed by atoms with Crippen LogP contribution in [-0.4, -0.2) is 30.0 Å². The average Bonchev–Trinajstić information content (AvgIpc) is 3.42. The summed E-state index contributed by atoms with van der Waals surface area (Å²) < 4.78 is 12.1. The van der Waals surface area contributed by atoms with Crippen molar-refractivity contribution in [1.29, 1.82) is 5.26 Å². The maximum absolute atomic E-state index is 14.8. The van der Waals surface area contributed by atoms with Gasteiger partial charge in [0.15, 0.2) is 0 Å². The largest absolute Gasteiger partial charge is 0.496 e. The predicted octanol–water partition coefficient (Wildman–Crippen LogP) is 6.13. The van der Waals surface area contributed by atoms with Crippen molar-refractivity contribution in [1.82, 2.24) is 0 Å². The fourth-order valence-corrected chi connectivity index (χ4v) is 7.00. The van der Waals surface area contributed by atoms with E-state index in [2.05, 4.69) is 6.07 Å². The van der Waals surface area contributed by atoms with Crippen LogP contribution in [-0.2, 0) is 10.2 Å². The number of benzene rings is 3. The van der Waals surface area contributed by atoms with E-state index in [9.17, 15) is 20.2 Å². The van der Waals surface area contributed by atoms with E-state index in [0.717, 1.165) is 12.8 Å². The van der Waals surface area contributed by atoms with Crippen molar-refractivity contribution in [3.05, 3.63) is 110 Å². The highest BCUT2D eigenvalue weighted by atomic mass is 35.5. The van der Waals surface area contributed by atoms with E-state index in [1.807, 2.05) is 6.92 Å². The second-order valence-corrected chi connectivity index (χ2v) is 10.7. The minimum Gasteiger partial charge on any atom is -0.496 e. The molecule has 2 aliphatic heterocycles. The van der Waals surface area contributed by atoms with Gasteiger partial charge in [-0.05, 0) is 42.3 Å². The quantitative estimate of drug-likeness (QED) is 0.267. The zero-order valence-electron chi connectivity index (χ0n) is 22.0. The first kappa shape index (κ1) is 25.9. The summed E-state index contributed by atoms with van der Waals surface area (Å²) >= 11 is 6.51. The molecule has 40 heavy (non-hydrogen) atoms. The zero-order chi connectivity index (χ0) is 28.2. The van der Waals surface area contributed by atoms with Gasteiger partial charge in [0.05, 0.1) is 24.7 Å². The first-order valence-corrected chi connectivity index (χ1v) is 13.5. The van der Waals surface area contributed by atoms with E-state index in [4.69, 9.17) is 21.1 Å². The average molecular weight is 556 g/mol. The van der Waals surface area contributed by atoms with Gasteiger partial charge in [-0.3, -0.25) is 14.9 Å². The molecule has 3 aromatic rings. The molecule has 8 nitrogen and oxygen atoms in total. The van der Waals surface area contributed by atoms with E-state index in [1.54, 1.807) is 71.6 Å². The Labute approximate surface area is 236 Å². The Morgan fingerprint density at radius 3 is 2.58 bits per heavy atom. The van der Waals surface area contributed by atoms with E-state index in [1.165, 1.54) is 13.2 Å². The van der Waals surface area contributed by atoms with Gasteiger partial charge in [-0.25, -0.2) is 0 Å². The summed E-state index contributed by atoms with van der Waals surface area (Å²) in [5.74, 6) is -0.641. The number of rotatable bonds is 6. The van der Waals surface area contributed by atoms with Crippen LogP contribution in [0.2, 0.25) is 5.02 Å². The second kappa shape index (κ2) is 9.39. The van der Waals surface area contributed by atoms with Gasteiger partial charge in [-0.15, -0.1) is 0 Å². The number of amides is 1. The number of nitriles is 1. The third kappa shape index (κ3) is 3.21. The number of halogens is 1. The van der Waals surface area contributed by atoms with Crippen molar-refractivity contribution < 1.29 is 19.2 Å². The Morgan fingerprint density at radius 1 is 1.15 bits per heavy atom. The van der Waals surface area contributed by atoms with Crippen LogP contribution in [0.1, 0.15) is 48.5 Å². The molecule has 1 amide bonds. The van der Waals surface area contributed by atoms with E-state index >= 15 is 0 Å². The maximum atomic E-state index is 14.8. The molecule has 3 aliphatic rings. The van der Waals surface area contributed by atoms with E-state index in [-0.39, 0.29) is 11.5 Å². The van der Waals surface area contributed by atoms with E-state index in [0.29, 0.717) is 45.4 Å². The first-order valence-electron chi connectivity index (χ1n) is 13.1. The maximum Gasteiger partial charge on any atom is 0.290 e. The Balaban J connectivity index is 1.73. The Bertz CT molecular complexity index is 1630. The lowest BCUT2D eigenvalue weighted by molar-refractivity contribution is -0.574. The third-order valence-corrected chi connectivity index (χ3v) is 8.68. The van der Waals surface area contributed by atoms with Crippen LogP contribution in [0.15, 0.2) is 78.4 Å². The number of nitro groups is 1. The lowest BCUT2D eigenvalue weighted by Gasteiger charge is -2.44. The molecule has 1 spiro atoms. The number of para-hydroxylation sites is 2. The third-order valence-electron chi connectivity index (χ3n) is 8.44. The molecule has 202 valence electrons. The van der Waals surface area contributed by atoms with Gasteiger partial charge in [0.1, 0.15) is 16.9 Å². The van der Waals surface area contributed by atoms with Gasteiger partial charge in [0, 0.05) is 39.4 Å². The number of ether oxygens (including phenoxy) is 2. The summed E-state index contributed by atoms with van der Waals surface area (Å²) in [6.07, 6.45) is 1.73. The molecule has 0 bridgehead atoms. The molecule has 0 aromatic heterocycles. The van der Waals surface area contributed by atoms with Crippen molar-refractivity contribution in [3.8, 4) is 17.6 Å². The van der Waals surface area contributed by atoms with Gasteiger partial charge in [-0.2, -0.15) is 5.26 Å². The lowest BCUT2D eigenvalue weighted by Crippen LogP contribution is -2.57. The number of methoxy groups -OCH3 is 1. The fourth-order valence-electron chi connectivity index (χ4n) is 6.83. The molecule has 4 atom stereocenters. The summed E-state index contributed by atoms with van der Waals surface area (Å²) in [4.78, 5) is 29.5. The monoisotopic (exact) mass is 555 g/mol. The van der Waals surface area contributed by atoms with Crippen LogP contribution >= 0.6 is 11.6 Å². The molecule has 0 saturated heterocycles. The molecule has 0 N–H and O–H groups in total. The predicted molar refractivity (Wildman–Crippen MR) is 149 cm³/mol. The van der Waals surface area contributed by atoms with Crippen LogP contribution in [0.4, 0.5) is 5.69 Å². The molecule has 0 fully saturated rings. The van der Waals surface area contributed by atoms with Crippen LogP contribution in [0.5, 0.6) is 11.5 Å². The molecule has 0 radical (unpaired) electrons. The minimum atomic E-state index is -2.01. The second-order valence-electron chi connectivity index (χ2n) is 10.3. The van der Waals surface area contributed by atoms with Crippen LogP contribution in [0.3, 0.4) is 0 Å². The fraction of sp³-hybridized carbons (Fsp3) is 0.290.